The zero-order valence-electron chi connectivity index (χ0n) is 7.67. The molecule has 3 aliphatic rings. The zero-order valence-corrected chi connectivity index (χ0v) is 9.26. The average molecular weight is 247 g/mol. The van der Waals surface area contributed by atoms with Crippen molar-refractivity contribution in [3.8, 4) is 0 Å². The van der Waals surface area contributed by atoms with Crippen molar-refractivity contribution in [1.82, 2.24) is 0 Å². The molecular weight excluding hydrogens is 232 g/mol. The van der Waals surface area contributed by atoms with Crippen LogP contribution in [-0.2, 0) is 9.47 Å². The Hall–Kier alpha value is 0.400. The predicted octanol–water partition coefficient (Wildman–Crippen LogP) is 2.17. The van der Waals surface area contributed by atoms with Crippen molar-refractivity contribution in [3.05, 3.63) is 0 Å². The number of ether oxygens (including phenoxy) is 2. The van der Waals surface area contributed by atoms with E-state index in [2.05, 4.69) is 15.9 Å². The van der Waals surface area contributed by atoms with Crippen LogP contribution in [0.5, 0.6) is 0 Å². The van der Waals surface area contributed by atoms with E-state index in [1.165, 1.54) is 12.8 Å². The molecule has 0 radical (unpaired) electrons. The Kier molecular flexibility index (Phi) is 1.97. The SMILES string of the molecule is BrC[C@@H]1C[C@@H]2CC3(OCCO3)[C@@H]2C1. The highest BCUT2D eigenvalue weighted by atomic mass is 79.9. The number of fused-ring (bicyclic) bond motifs is 2. The first-order valence-electron chi connectivity index (χ1n) is 5.18. The van der Waals surface area contributed by atoms with E-state index in [0.29, 0.717) is 5.92 Å². The van der Waals surface area contributed by atoms with Crippen molar-refractivity contribution in [2.75, 3.05) is 18.5 Å². The van der Waals surface area contributed by atoms with Gasteiger partial charge in [-0.05, 0) is 24.7 Å². The van der Waals surface area contributed by atoms with Crippen LogP contribution in [-0.4, -0.2) is 24.3 Å². The highest BCUT2D eigenvalue weighted by molar-refractivity contribution is 9.09. The van der Waals surface area contributed by atoms with Crippen LogP contribution in [0.1, 0.15) is 19.3 Å². The van der Waals surface area contributed by atoms with E-state index in [1.807, 2.05) is 0 Å². The predicted molar refractivity (Wildman–Crippen MR) is 52.8 cm³/mol. The Balaban J connectivity index is 1.72. The molecule has 3 rings (SSSR count). The molecule has 1 spiro atoms. The van der Waals surface area contributed by atoms with Crippen LogP contribution in [0.4, 0.5) is 0 Å². The van der Waals surface area contributed by atoms with Gasteiger partial charge in [0.15, 0.2) is 5.79 Å². The lowest BCUT2D eigenvalue weighted by Gasteiger charge is -2.47. The zero-order chi connectivity index (χ0) is 8.89. The van der Waals surface area contributed by atoms with Crippen molar-refractivity contribution < 1.29 is 9.47 Å². The van der Waals surface area contributed by atoms with Crippen LogP contribution >= 0.6 is 15.9 Å². The summed E-state index contributed by atoms with van der Waals surface area (Å²) in [6.45, 7) is 1.62. The molecule has 0 bridgehead atoms. The third kappa shape index (κ3) is 1.13. The van der Waals surface area contributed by atoms with Crippen LogP contribution in [0.3, 0.4) is 0 Å². The molecule has 0 amide bonds. The summed E-state index contributed by atoms with van der Waals surface area (Å²) in [5.41, 5.74) is 0. The number of hydrogen-bond donors (Lipinski definition) is 0. The lowest BCUT2D eigenvalue weighted by Crippen LogP contribution is -2.52. The first-order valence-corrected chi connectivity index (χ1v) is 6.30. The fourth-order valence-electron chi connectivity index (χ4n) is 3.29. The second-order valence-corrected chi connectivity index (χ2v) is 5.22. The van der Waals surface area contributed by atoms with E-state index in [1.54, 1.807) is 0 Å². The molecule has 0 N–H and O–H groups in total. The van der Waals surface area contributed by atoms with Gasteiger partial charge in [0.2, 0.25) is 0 Å². The summed E-state index contributed by atoms with van der Waals surface area (Å²) in [5, 5.41) is 1.15. The fraction of sp³-hybridized carbons (Fsp3) is 1.00. The fourth-order valence-corrected chi connectivity index (χ4v) is 3.82. The quantitative estimate of drug-likeness (QED) is 0.661. The Morgan fingerprint density at radius 1 is 1.23 bits per heavy atom. The van der Waals surface area contributed by atoms with Gasteiger partial charge in [-0.3, -0.25) is 0 Å². The summed E-state index contributed by atoms with van der Waals surface area (Å²) in [4.78, 5) is 0. The standard InChI is InChI=1S/C10H15BrO2/c11-6-7-3-8-5-10(9(8)4-7)12-1-2-13-10/h7-9H,1-6H2/t7-,8-,9-/m1/s1. The van der Waals surface area contributed by atoms with E-state index in [0.717, 1.165) is 36.8 Å². The molecule has 3 heteroatoms. The molecule has 1 heterocycles. The Morgan fingerprint density at radius 3 is 2.69 bits per heavy atom. The number of halogens is 1. The number of hydrogen-bond acceptors (Lipinski definition) is 2. The summed E-state index contributed by atoms with van der Waals surface area (Å²) >= 11 is 3.57. The minimum atomic E-state index is -0.123. The summed E-state index contributed by atoms with van der Waals surface area (Å²) in [6, 6.07) is 0. The van der Waals surface area contributed by atoms with E-state index in [4.69, 9.17) is 9.47 Å². The molecule has 2 nitrogen and oxygen atoms in total. The molecule has 2 aliphatic carbocycles. The topological polar surface area (TPSA) is 18.5 Å². The maximum absolute atomic E-state index is 5.75. The van der Waals surface area contributed by atoms with Gasteiger partial charge >= 0.3 is 0 Å². The van der Waals surface area contributed by atoms with Gasteiger partial charge in [-0.2, -0.15) is 0 Å². The molecule has 1 saturated heterocycles. The van der Waals surface area contributed by atoms with Gasteiger partial charge in [-0.25, -0.2) is 0 Å². The van der Waals surface area contributed by atoms with Gasteiger partial charge in [-0.15, -0.1) is 0 Å². The maximum Gasteiger partial charge on any atom is 0.171 e. The molecular formula is C10H15BrO2. The Morgan fingerprint density at radius 2 is 2.00 bits per heavy atom. The third-order valence-corrected chi connectivity index (χ3v) is 4.81. The highest BCUT2D eigenvalue weighted by Gasteiger charge is 2.61. The van der Waals surface area contributed by atoms with E-state index < -0.39 is 0 Å². The van der Waals surface area contributed by atoms with Crippen molar-refractivity contribution in [2.45, 2.75) is 25.0 Å². The Labute approximate surface area is 87.1 Å². The maximum atomic E-state index is 5.75. The molecule has 0 aromatic heterocycles. The average Bonchev–Trinajstić information content (AvgIpc) is 2.69. The van der Waals surface area contributed by atoms with Crippen molar-refractivity contribution in [3.63, 3.8) is 0 Å². The minimum absolute atomic E-state index is 0.123. The second kappa shape index (κ2) is 2.94. The van der Waals surface area contributed by atoms with E-state index in [9.17, 15) is 0 Å². The summed E-state index contributed by atoms with van der Waals surface area (Å²) in [6.07, 6.45) is 3.83. The first kappa shape index (κ1) is 8.69. The molecule has 0 aromatic rings. The molecule has 74 valence electrons. The van der Waals surface area contributed by atoms with Crippen LogP contribution < -0.4 is 0 Å². The molecule has 0 aromatic carbocycles. The van der Waals surface area contributed by atoms with Gasteiger partial charge < -0.3 is 9.47 Å². The van der Waals surface area contributed by atoms with E-state index in [-0.39, 0.29) is 5.79 Å². The highest BCUT2D eigenvalue weighted by Crippen LogP contribution is 2.59. The van der Waals surface area contributed by atoms with Gasteiger partial charge in [-0.1, -0.05) is 15.9 Å². The summed E-state index contributed by atoms with van der Waals surface area (Å²) < 4.78 is 11.5. The third-order valence-electron chi connectivity index (χ3n) is 3.90. The molecule has 2 saturated carbocycles. The lowest BCUT2D eigenvalue weighted by molar-refractivity contribution is -0.267. The summed E-state index contributed by atoms with van der Waals surface area (Å²) in [5.74, 6) is 2.34. The van der Waals surface area contributed by atoms with Crippen LogP contribution in [0, 0.1) is 17.8 Å². The minimum Gasteiger partial charge on any atom is -0.347 e. The first-order chi connectivity index (χ1) is 6.34. The van der Waals surface area contributed by atoms with Gasteiger partial charge in [0.25, 0.3) is 0 Å². The van der Waals surface area contributed by atoms with Crippen LogP contribution in [0.2, 0.25) is 0 Å². The van der Waals surface area contributed by atoms with Crippen molar-refractivity contribution in [2.24, 2.45) is 17.8 Å². The van der Waals surface area contributed by atoms with Gasteiger partial charge in [0, 0.05) is 17.7 Å². The lowest BCUT2D eigenvalue weighted by atomic mass is 9.70. The normalized spacial score (nSPS) is 46.4. The van der Waals surface area contributed by atoms with Crippen molar-refractivity contribution >= 4 is 15.9 Å². The summed E-state index contributed by atoms with van der Waals surface area (Å²) in [7, 11) is 0. The van der Waals surface area contributed by atoms with Crippen LogP contribution in [0.15, 0.2) is 0 Å². The molecule has 0 unspecified atom stereocenters. The Bertz CT molecular complexity index is 213. The largest absolute Gasteiger partial charge is 0.347 e. The number of alkyl halides is 1. The van der Waals surface area contributed by atoms with Crippen molar-refractivity contribution in [1.29, 1.82) is 0 Å². The van der Waals surface area contributed by atoms with E-state index >= 15 is 0 Å². The monoisotopic (exact) mass is 246 g/mol. The van der Waals surface area contributed by atoms with Crippen LogP contribution in [0.25, 0.3) is 0 Å². The molecule has 1 aliphatic heterocycles. The molecule has 13 heavy (non-hydrogen) atoms. The number of rotatable bonds is 1. The van der Waals surface area contributed by atoms with Gasteiger partial charge in [0.1, 0.15) is 0 Å². The second-order valence-electron chi connectivity index (χ2n) is 4.57. The molecule has 3 fully saturated rings. The van der Waals surface area contributed by atoms with Gasteiger partial charge in [0.05, 0.1) is 13.2 Å². The molecule has 3 atom stereocenters. The smallest absolute Gasteiger partial charge is 0.171 e.